The van der Waals surface area contributed by atoms with Gasteiger partial charge in [-0.3, -0.25) is 4.79 Å². The number of carbonyl (C=O) groups is 1. The molecular formula is C12H14N2OS. The van der Waals surface area contributed by atoms with Crippen LogP contribution in [0.4, 0.5) is 5.69 Å². The van der Waals surface area contributed by atoms with Crippen molar-refractivity contribution in [2.45, 2.75) is 13.0 Å². The fourth-order valence-corrected chi connectivity index (χ4v) is 2.36. The zero-order chi connectivity index (χ0) is 11.5. The lowest BCUT2D eigenvalue weighted by Gasteiger charge is -2.13. The Labute approximate surface area is 98.5 Å². The molecule has 2 rings (SSSR count). The van der Waals surface area contributed by atoms with Crippen molar-refractivity contribution in [1.82, 2.24) is 5.32 Å². The summed E-state index contributed by atoms with van der Waals surface area (Å²) >= 11 is 1.72. The number of thiophene rings is 1. The summed E-state index contributed by atoms with van der Waals surface area (Å²) in [6, 6.07) is 7.99. The van der Waals surface area contributed by atoms with Crippen molar-refractivity contribution in [1.29, 1.82) is 0 Å². The normalized spacial score (nSPS) is 12.4. The number of amides is 1. The number of hydrogen-bond acceptors (Lipinski definition) is 3. The highest BCUT2D eigenvalue weighted by Gasteiger charge is 2.10. The maximum Gasteiger partial charge on any atom is 0.241 e. The van der Waals surface area contributed by atoms with Crippen LogP contribution in [0.2, 0.25) is 0 Å². The molecule has 0 bridgehead atoms. The molecule has 1 unspecified atom stereocenters. The van der Waals surface area contributed by atoms with Gasteiger partial charge < -0.3 is 10.6 Å². The Morgan fingerprint density at radius 3 is 2.94 bits per heavy atom. The first kappa shape index (κ1) is 11.0. The molecule has 0 spiro atoms. The summed E-state index contributed by atoms with van der Waals surface area (Å²) in [6.07, 6.45) is 0. The van der Waals surface area contributed by atoms with Crippen LogP contribution in [0.3, 0.4) is 0 Å². The van der Waals surface area contributed by atoms with E-state index in [0.29, 0.717) is 0 Å². The van der Waals surface area contributed by atoms with Crippen molar-refractivity contribution < 1.29 is 4.79 Å². The van der Waals surface area contributed by atoms with Crippen LogP contribution in [-0.4, -0.2) is 19.0 Å². The Bertz CT molecular complexity index is 506. The third-order valence-electron chi connectivity index (χ3n) is 2.48. The van der Waals surface area contributed by atoms with E-state index in [2.05, 4.69) is 34.2 Å². The number of hydrogen-bond donors (Lipinski definition) is 2. The number of rotatable bonds is 3. The molecule has 0 fully saturated rings. The zero-order valence-corrected chi connectivity index (χ0v) is 10.1. The second-order valence-electron chi connectivity index (χ2n) is 3.65. The number of benzene rings is 1. The van der Waals surface area contributed by atoms with Crippen LogP contribution >= 0.6 is 11.3 Å². The molecule has 2 N–H and O–H groups in total. The van der Waals surface area contributed by atoms with Gasteiger partial charge in [-0.2, -0.15) is 0 Å². The molecule has 0 saturated carbocycles. The molecule has 0 aliphatic heterocycles. The minimum Gasteiger partial charge on any atom is -0.374 e. The summed E-state index contributed by atoms with van der Waals surface area (Å²) in [5.74, 6) is -0.00887. The van der Waals surface area contributed by atoms with E-state index in [-0.39, 0.29) is 11.9 Å². The Hall–Kier alpha value is -1.55. The predicted octanol–water partition coefficient (Wildman–Crippen LogP) is 2.45. The van der Waals surface area contributed by atoms with Crippen LogP contribution in [0, 0.1) is 0 Å². The van der Waals surface area contributed by atoms with Gasteiger partial charge in [-0.1, -0.05) is 0 Å². The number of nitrogens with one attached hydrogen (secondary N) is 2. The SMILES string of the molecule is CNC(=O)C(C)Nc1ccc2sccc2c1. The van der Waals surface area contributed by atoms with Crippen molar-refractivity contribution >= 4 is 33.0 Å². The number of anilines is 1. The van der Waals surface area contributed by atoms with Gasteiger partial charge in [-0.05, 0) is 42.0 Å². The molecule has 1 atom stereocenters. The van der Waals surface area contributed by atoms with Crippen molar-refractivity contribution in [3.05, 3.63) is 29.6 Å². The summed E-state index contributed by atoms with van der Waals surface area (Å²) in [5, 5.41) is 9.06. The minimum atomic E-state index is -0.221. The first-order chi connectivity index (χ1) is 7.70. The van der Waals surface area contributed by atoms with Gasteiger partial charge in [0.15, 0.2) is 0 Å². The molecule has 0 aliphatic rings. The van der Waals surface area contributed by atoms with Crippen molar-refractivity contribution in [3.8, 4) is 0 Å². The van der Waals surface area contributed by atoms with Gasteiger partial charge in [0.05, 0.1) is 0 Å². The van der Waals surface area contributed by atoms with Gasteiger partial charge in [0.25, 0.3) is 0 Å². The zero-order valence-electron chi connectivity index (χ0n) is 9.28. The number of fused-ring (bicyclic) bond motifs is 1. The van der Waals surface area contributed by atoms with Crippen LogP contribution < -0.4 is 10.6 Å². The van der Waals surface area contributed by atoms with E-state index < -0.39 is 0 Å². The third kappa shape index (κ3) is 2.17. The highest BCUT2D eigenvalue weighted by Crippen LogP contribution is 2.24. The second-order valence-corrected chi connectivity index (χ2v) is 4.60. The van der Waals surface area contributed by atoms with Gasteiger partial charge in [0, 0.05) is 17.4 Å². The molecular weight excluding hydrogens is 220 g/mol. The molecule has 1 aromatic heterocycles. The topological polar surface area (TPSA) is 41.1 Å². The Balaban J connectivity index is 2.17. The Morgan fingerprint density at radius 2 is 2.19 bits per heavy atom. The average Bonchev–Trinajstić information content (AvgIpc) is 2.75. The Morgan fingerprint density at radius 1 is 1.38 bits per heavy atom. The number of likely N-dealkylation sites (N-methyl/N-ethyl adjacent to an activating group) is 1. The van der Waals surface area contributed by atoms with Crippen LogP contribution in [0.1, 0.15) is 6.92 Å². The summed E-state index contributed by atoms with van der Waals surface area (Å²) in [4.78, 5) is 11.4. The lowest BCUT2D eigenvalue weighted by atomic mass is 10.2. The molecule has 1 aromatic carbocycles. The van der Waals surface area contributed by atoms with Crippen LogP contribution in [0.25, 0.3) is 10.1 Å². The fraction of sp³-hybridized carbons (Fsp3) is 0.250. The van der Waals surface area contributed by atoms with Crippen molar-refractivity contribution in [2.24, 2.45) is 0 Å². The van der Waals surface area contributed by atoms with Gasteiger partial charge in [-0.15, -0.1) is 11.3 Å². The van der Waals surface area contributed by atoms with Crippen LogP contribution in [-0.2, 0) is 4.79 Å². The monoisotopic (exact) mass is 234 g/mol. The highest BCUT2D eigenvalue weighted by atomic mass is 32.1. The molecule has 0 aliphatic carbocycles. The van der Waals surface area contributed by atoms with Gasteiger partial charge in [0.2, 0.25) is 5.91 Å². The van der Waals surface area contributed by atoms with Gasteiger partial charge in [0.1, 0.15) is 6.04 Å². The van der Waals surface area contributed by atoms with E-state index in [1.54, 1.807) is 18.4 Å². The quantitative estimate of drug-likeness (QED) is 0.856. The van der Waals surface area contributed by atoms with E-state index in [1.165, 1.54) is 10.1 Å². The maximum absolute atomic E-state index is 11.4. The summed E-state index contributed by atoms with van der Waals surface area (Å²) in [7, 11) is 1.64. The maximum atomic E-state index is 11.4. The molecule has 16 heavy (non-hydrogen) atoms. The van der Waals surface area contributed by atoms with E-state index in [0.717, 1.165) is 5.69 Å². The molecule has 4 heteroatoms. The van der Waals surface area contributed by atoms with Crippen molar-refractivity contribution in [3.63, 3.8) is 0 Å². The molecule has 84 valence electrons. The summed E-state index contributed by atoms with van der Waals surface area (Å²) in [5.41, 5.74) is 0.974. The average molecular weight is 234 g/mol. The highest BCUT2D eigenvalue weighted by molar-refractivity contribution is 7.17. The van der Waals surface area contributed by atoms with Crippen LogP contribution in [0.15, 0.2) is 29.6 Å². The lowest BCUT2D eigenvalue weighted by molar-refractivity contribution is -0.121. The number of carbonyl (C=O) groups excluding carboxylic acids is 1. The standard InChI is InChI=1S/C12H14N2OS/c1-8(12(15)13-2)14-10-3-4-11-9(7-10)5-6-16-11/h3-8,14H,1-2H3,(H,13,15). The summed E-state index contributed by atoms with van der Waals surface area (Å²) in [6.45, 7) is 1.84. The van der Waals surface area contributed by atoms with Gasteiger partial charge in [-0.25, -0.2) is 0 Å². The van der Waals surface area contributed by atoms with E-state index in [1.807, 2.05) is 13.0 Å². The first-order valence-corrected chi connectivity index (χ1v) is 6.04. The second kappa shape index (κ2) is 4.53. The van der Waals surface area contributed by atoms with Crippen molar-refractivity contribution in [2.75, 3.05) is 12.4 Å². The van der Waals surface area contributed by atoms with Gasteiger partial charge >= 0.3 is 0 Å². The smallest absolute Gasteiger partial charge is 0.241 e. The minimum absolute atomic E-state index is 0.00887. The largest absolute Gasteiger partial charge is 0.374 e. The molecule has 0 saturated heterocycles. The molecule has 3 nitrogen and oxygen atoms in total. The van der Waals surface area contributed by atoms with E-state index in [9.17, 15) is 4.79 Å². The molecule has 1 heterocycles. The molecule has 0 radical (unpaired) electrons. The Kier molecular flexibility index (Phi) is 3.10. The molecule has 2 aromatic rings. The lowest BCUT2D eigenvalue weighted by Crippen LogP contribution is -2.35. The van der Waals surface area contributed by atoms with E-state index >= 15 is 0 Å². The first-order valence-electron chi connectivity index (χ1n) is 5.16. The molecule has 1 amide bonds. The van der Waals surface area contributed by atoms with E-state index in [4.69, 9.17) is 0 Å². The summed E-state index contributed by atoms with van der Waals surface area (Å²) < 4.78 is 1.26. The predicted molar refractivity (Wildman–Crippen MR) is 69.0 cm³/mol. The van der Waals surface area contributed by atoms with Crippen LogP contribution in [0.5, 0.6) is 0 Å². The fourth-order valence-electron chi connectivity index (χ4n) is 1.59. The third-order valence-corrected chi connectivity index (χ3v) is 3.37.